The smallest absolute Gasteiger partial charge is 0.0922 e. The van der Waals surface area contributed by atoms with Crippen LogP contribution in [0.25, 0.3) is 0 Å². The molecule has 0 fully saturated rings. The van der Waals surface area contributed by atoms with E-state index < -0.39 is 0 Å². The summed E-state index contributed by atoms with van der Waals surface area (Å²) < 4.78 is 5.32. The van der Waals surface area contributed by atoms with Crippen molar-refractivity contribution in [2.45, 2.75) is 6.61 Å². The molecule has 0 aliphatic heterocycles. The van der Waals surface area contributed by atoms with E-state index in [0.29, 0.717) is 22.6 Å². The molecule has 1 aromatic rings. The van der Waals surface area contributed by atoms with Gasteiger partial charge in [-0.25, -0.2) is 0 Å². The van der Waals surface area contributed by atoms with Crippen LogP contribution in [-0.4, -0.2) is 12.2 Å². The second kappa shape index (κ2) is 5.76. The third-order valence-electron chi connectivity index (χ3n) is 1.45. The van der Waals surface area contributed by atoms with E-state index in [0.717, 1.165) is 5.56 Å². The summed E-state index contributed by atoms with van der Waals surface area (Å²) >= 11 is 13.2. The Balaban J connectivity index is 2.53. The van der Waals surface area contributed by atoms with Gasteiger partial charge in [0, 0.05) is 0 Å². The van der Waals surface area contributed by atoms with Crippen molar-refractivity contribution in [2.24, 2.45) is 0 Å². The second-order valence-electron chi connectivity index (χ2n) is 2.50. The topological polar surface area (TPSA) is 9.23 Å². The average molecular weight is 237 g/mol. The van der Waals surface area contributed by atoms with E-state index in [4.69, 9.17) is 27.9 Å². The Morgan fingerprint density at radius 2 is 2.08 bits per heavy atom. The Morgan fingerprint density at radius 3 is 2.69 bits per heavy atom. The molecule has 4 heteroatoms. The lowest BCUT2D eigenvalue weighted by molar-refractivity contribution is 0.169. The molecule has 0 saturated heterocycles. The zero-order valence-corrected chi connectivity index (χ0v) is 9.55. The van der Waals surface area contributed by atoms with Crippen molar-refractivity contribution >= 4 is 35.0 Å². The van der Waals surface area contributed by atoms with E-state index in [1.165, 1.54) is 0 Å². The number of ether oxygens (including phenoxy) is 1. The largest absolute Gasteiger partial charge is 0.366 e. The molecular weight excluding hydrogens is 227 g/mol. The molecule has 0 bridgehead atoms. The van der Waals surface area contributed by atoms with Gasteiger partial charge in [-0.15, -0.1) is 11.8 Å². The minimum Gasteiger partial charge on any atom is -0.366 e. The Bertz CT molecular complexity index is 278. The van der Waals surface area contributed by atoms with Gasteiger partial charge in [0.25, 0.3) is 0 Å². The van der Waals surface area contributed by atoms with Crippen molar-refractivity contribution in [1.82, 2.24) is 0 Å². The van der Waals surface area contributed by atoms with Gasteiger partial charge in [-0.1, -0.05) is 29.3 Å². The average Bonchev–Trinajstić information content (AvgIpc) is 2.12. The summed E-state index contributed by atoms with van der Waals surface area (Å²) in [6.07, 6.45) is 1.99. The summed E-state index contributed by atoms with van der Waals surface area (Å²) in [7, 11) is 0. The standard InChI is InChI=1S/C9H10Cl2OS/c1-13-6-12-5-7-2-3-8(10)9(11)4-7/h2-4H,5-6H2,1H3. The first-order valence-corrected chi connectivity index (χ1v) is 5.89. The van der Waals surface area contributed by atoms with Crippen LogP contribution in [0, 0.1) is 0 Å². The normalized spacial score (nSPS) is 10.4. The summed E-state index contributed by atoms with van der Waals surface area (Å²) in [5.74, 6) is 0.695. The molecule has 0 spiro atoms. The third-order valence-corrected chi connectivity index (χ3v) is 2.60. The molecule has 0 aliphatic rings. The van der Waals surface area contributed by atoms with Gasteiger partial charge in [-0.2, -0.15) is 0 Å². The maximum Gasteiger partial charge on any atom is 0.0922 e. The Kier molecular flexibility index (Phi) is 4.96. The zero-order chi connectivity index (χ0) is 9.68. The number of hydrogen-bond donors (Lipinski definition) is 0. The molecule has 0 radical (unpaired) electrons. The summed E-state index contributed by atoms with van der Waals surface area (Å²) in [6, 6.07) is 5.51. The maximum atomic E-state index is 5.83. The molecule has 0 aliphatic carbocycles. The fraction of sp³-hybridized carbons (Fsp3) is 0.333. The van der Waals surface area contributed by atoms with E-state index >= 15 is 0 Å². The molecule has 0 saturated carbocycles. The van der Waals surface area contributed by atoms with Crippen LogP contribution in [0.15, 0.2) is 18.2 Å². The van der Waals surface area contributed by atoms with E-state index in [1.54, 1.807) is 17.8 Å². The monoisotopic (exact) mass is 236 g/mol. The quantitative estimate of drug-likeness (QED) is 0.581. The van der Waals surface area contributed by atoms with Crippen LogP contribution in [0.4, 0.5) is 0 Å². The van der Waals surface area contributed by atoms with Gasteiger partial charge in [-0.3, -0.25) is 0 Å². The maximum absolute atomic E-state index is 5.83. The highest BCUT2D eigenvalue weighted by Crippen LogP contribution is 2.22. The highest BCUT2D eigenvalue weighted by atomic mass is 35.5. The predicted octanol–water partition coefficient (Wildman–Crippen LogP) is 3.83. The fourth-order valence-electron chi connectivity index (χ4n) is 0.872. The van der Waals surface area contributed by atoms with Crippen LogP contribution in [-0.2, 0) is 11.3 Å². The first kappa shape index (κ1) is 11.2. The summed E-state index contributed by atoms with van der Waals surface area (Å²) in [5, 5.41) is 1.15. The molecule has 72 valence electrons. The number of rotatable bonds is 4. The van der Waals surface area contributed by atoms with Gasteiger partial charge in [0.1, 0.15) is 0 Å². The molecule has 0 atom stereocenters. The summed E-state index contributed by atoms with van der Waals surface area (Å²) in [6.45, 7) is 0.581. The van der Waals surface area contributed by atoms with Gasteiger partial charge < -0.3 is 4.74 Å². The van der Waals surface area contributed by atoms with Crippen molar-refractivity contribution < 1.29 is 4.74 Å². The number of hydrogen-bond acceptors (Lipinski definition) is 2. The first-order valence-electron chi connectivity index (χ1n) is 3.74. The molecule has 0 unspecified atom stereocenters. The number of thioether (sulfide) groups is 1. The van der Waals surface area contributed by atoms with Crippen molar-refractivity contribution in [3.8, 4) is 0 Å². The van der Waals surface area contributed by atoms with Crippen molar-refractivity contribution in [3.05, 3.63) is 33.8 Å². The Morgan fingerprint density at radius 1 is 1.31 bits per heavy atom. The lowest BCUT2D eigenvalue weighted by Crippen LogP contribution is -1.91. The highest BCUT2D eigenvalue weighted by Gasteiger charge is 1.98. The van der Waals surface area contributed by atoms with Gasteiger partial charge >= 0.3 is 0 Å². The molecule has 1 nitrogen and oxygen atoms in total. The van der Waals surface area contributed by atoms with Gasteiger partial charge in [0.2, 0.25) is 0 Å². The van der Waals surface area contributed by atoms with E-state index in [2.05, 4.69) is 0 Å². The summed E-state index contributed by atoms with van der Waals surface area (Å²) in [5.41, 5.74) is 1.04. The molecule has 13 heavy (non-hydrogen) atoms. The third kappa shape index (κ3) is 3.77. The molecule has 0 aromatic heterocycles. The molecule has 0 N–H and O–H groups in total. The van der Waals surface area contributed by atoms with Crippen LogP contribution < -0.4 is 0 Å². The first-order chi connectivity index (χ1) is 6.24. The van der Waals surface area contributed by atoms with Crippen LogP contribution in [0.5, 0.6) is 0 Å². The van der Waals surface area contributed by atoms with Gasteiger partial charge in [0.05, 0.1) is 22.6 Å². The van der Waals surface area contributed by atoms with Crippen molar-refractivity contribution in [2.75, 3.05) is 12.2 Å². The molecular formula is C9H10Cl2OS. The van der Waals surface area contributed by atoms with Crippen LogP contribution in [0.1, 0.15) is 5.56 Å². The lowest BCUT2D eigenvalue weighted by Gasteiger charge is -2.03. The minimum absolute atomic E-state index is 0.576. The van der Waals surface area contributed by atoms with E-state index in [1.807, 2.05) is 18.4 Å². The van der Waals surface area contributed by atoms with Gasteiger partial charge in [-0.05, 0) is 24.0 Å². The SMILES string of the molecule is CSCOCc1ccc(Cl)c(Cl)c1. The Labute approximate surface area is 92.4 Å². The minimum atomic E-state index is 0.576. The summed E-state index contributed by atoms with van der Waals surface area (Å²) in [4.78, 5) is 0. The fourth-order valence-corrected chi connectivity index (χ4v) is 1.44. The van der Waals surface area contributed by atoms with Crippen LogP contribution >= 0.6 is 35.0 Å². The molecule has 1 rings (SSSR count). The van der Waals surface area contributed by atoms with E-state index in [-0.39, 0.29) is 0 Å². The predicted molar refractivity (Wildman–Crippen MR) is 59.6 cm³/mol. The van der Waals surface area contributed by atoms with Crippen LogP contribution in [0.3, 0.4) is 0 Å². The lowest BCUT2D eigenvalue weighted by atomic mass is 10.2. The zero-order valence-electron chi connectivity index (χ0n) is 7.22. The highest BCUT2D eigenvalue weighted by molar-refractivity contribution is 7.98. The van der Waals surface area contributed by atoms with Gasteiger partial charge in [0.15, 0.2) is 0 Å². The van der Waals surface area contributed by atoms with Crippen LogP contribution in [0.2, 0.25) is 10.0 Å². The van der Waals surface area contributed by atoms with Crippen molar-refractivity contribution in [3.63, 3.8) is 0 Å². The number of halogens is 2. The number of benzene rings is 1. The molecule has 0 heterocycles. The molecule has 0 amide bonds. The molecule has 1 aromatic carbocycles. The second-order valence-corrected chi connectivity index (χ2v) is 4.13. The Hall–Kier alpha value is 0.110. The van der Waals surface area contributed by atoms with E-state index in [9.17, 15) is 0 Å². The van der Waals surface area contributed by atoms with Crippen molar-refractivity contribution in [1.29, 1.82) is 0 Å².